The summed E-state index contributed by atoms with van der Waals surface area (Å²) in [6, 6.07) is 3.34. The fraction of sp³-hybridized carbons (Fsp3) is 0.357. The number of carbonyl (C=O) groups excluding carboxylic acids is 1. The zero-order valence-electron chi connectivity index (χ0n) is 10.9. The average Bonchev–Trinajstić information content (AvgIpc) is 2.37. The molecule has 0 aromatic heterocycles. The molecule has 1 N–H and O–H groups in total. The molecule has 6 heteroatoms. The summed E-state index contributed by atoms with van der Waals surface area (Å²) in [5.41, 5.74) is 0.171. The number of aliphatic hydroxyl groups excluding tert-OH is 1. The maximum atomic E-state index is 13.2. The molecule has 0 spiro atoms. The number of hydrogen-bond acceptors (Lipinski definition) is 2. The van der Waals surface area contributed by atoms with Crippen molar-refractivity contribution in [3.8, 4) is 11.8 Å². The number of nitrogens with zero attached hydrogens (tertiary/aromatic N) is 1. The summed E-state index contributed by atoms with van der Waals surface area (Å²) in [7, 11) is 1.24. The van der Waals surface area contributed by atoms with Gasteiger partial charge in [-0.2, -0.15) is 0 Å². The number of aliphatic hydroxyl groups is 1. The molecule has 0 saturated carbocycles. The van der Waals surface area contributed by atoms with Crippen LogP contribution in [-0.4, -0.2) is 42.5 Å². The maximum Gasteiger partial charge on any atom is 0.255 e. The van der Waals surface area contributed by atoms with E-state index in [0.29, 0.717) is 0 Å². The molecule has 0 aliphatic carbocycles. The minimum absolute atomic E-state index is 0.0555. The number of rotatable bonds is 4. The van der Waals surface area contributed by atoms with Crippen LogP contribution in [0.1, 0.15) is 22.3 Å². The number of hydrogen-bond donors (Lipinski definition) is 1. The van der Waals surface area contributed by atoms with Gasteiger partial charge in [0.25, 0.3) is 12.3 Å². The third-order valence-corrected chi connectivity index (χ3v) is 2.43. The highest BCUT2D eigenvalue weighted by Gasteiger charge is 2.18. The number of alkyl halides is 2. The first-order chi connectivity index (χ1) is 9.45. The highest BCUT2D eigenvalue weighted by molar-refractivity contribution is 5.96. The first-order valence-electron chi connectivity index (χ1n) is 5.88. The molecular weight excluding hydrogens is 271 g/mol. The van der Waals surface area contributed by atoms with Crippen molar-refractivity contribution in [1.29, 1.82) is 0 Å². The van der Waals surface area contributed by atoms with E-state index in [1.807, 2.05) is 0 Å². The molecule has 1 amide bonds. The lowest BCUT2D eigenvalue weighted by molar-refractivity contribution is 0.0620. The molecule has 20 heavy (non-hydrogen) atoms. The number of amides is 1. The summed E-state index contributed by atoms with van der Waals surface area (Å²) < 4.78 is 37.7. The van der Waals surface area contributed by atoms with Crippen molar-refractivity contribution in [2.75, 3.05) is 20.2 Å². The molecule has 0 aliphatic heterocycles. The van der Waals surface area contributed by atoms with Crippen molar-refractivity contribution >= 4 is 5.91 Å². The third-order valence-electron chi connectivity index (χ3n) is 2.43. The molecule has 0 fully saturated rings. The van der Waals surface area contributed by atoms with Crippen LogP contribution in [0.15, 0.2) is 18.2 Å². The lowest BCUT2D eigenvalue weighted by atomic mass is 10.1. The van der Waals surface area contributed by atoms with Crippen LogP contribution >= 0.6 is 0 Å². The van der Waals surface area contributed by atoms with Crippen LogP contribution in [0.2, 0.25) is 0 Å². The van der Waals surface area contributed by atoms with Crippen LogP contribution in [0.4, 0.5) is 13.2 Å². The summed E-state index contributed by atoms with van der Waals surface area (Å²) in [5, 5.41) is 8.63. The predicted octanol–water partition coefficient (Wildman–Crippen LogP) is 1.90. The molecule has 3 nitrogen and oxygen atoms in total. The Labute approximate surface area is 115 Å². The van der Waals surface area contributed by atoms with E-state index >= 15 is 0 Å². The molecule has 0 bridgehead atoms. The van der Waals surface area contributed by atoms with Gasteiger partial charge in [-0.25, -0.2) is 13.2 Å². The van der Waals surface area contributed by atoms with Crippen molar-refractivity contribution in [2.45, 2.75) is 12.8 Å². The van der Waals surface area contributed by atoms with Crippen LogP contribution in [0.25, 0.3) is 0 Å². The molecule has 0 aliphatic rings. The summed E-state index contributed by atoms with van der Waals surface area (Å²) in [5.74, 6) is 3.90. The van der Waals surface area contributed by atoms with Crippen LogP contribution in [-0.2, 0) is 0 Å². The van der Waals surface area contributed by atoms with Gasteiger partial charge in [0, 0.05) is 19.0 Å². The zero-order valence-corrected chi connectivity index (χ0v) is 10.9. The SMILES string of the molecule is CN(CC(F)F)C(=O)c1ccc(F)cc1C#CCCO. The van der Waals surface area contributed by atoms with Gasteiger partial charge in [-0.3, -0.25) is 4.79 Å². The van der Waals surface area contributed by atoms with Crippen molar-refractivity contribution in [3.63, 3.8) is 0 Å². The van der Waals surface area contributed by atoms with Crippen molar-refractivity contribution in [3.05, 3.63) is 35.1 Å². The third kappa shape index (κ3) is 4.59. The van der Waals surface area contributed by atoms with Crippen molar-refractivity contribution < 1.29 is 23.1 Å². The Hall–Kier alpha value is -2.00. The largest absolute Gasteiger partial charge is 0.395 e. The fourth-order valence-corrected chi connectivity index (χ4v) is 1.52. The van der Waals surface area contributed by atoms with Gasteiger partial charge in [0.2, 0.25) is 0 Å². The van der Waals surface area contributed by atoms with Gasteiger partial charge in [0.15, 0.2) is 0 Å². The van der Waals surface area contributed by atoms with Gasteiger partial charge in [-0.15, -0.1) is 0 Å². The van der Waals surface area contributed by atoms with Crippen LogP contribution < -0.4 is 0 Å². The van der Waals surface area contributed by atoms with Crippen LogP contribution in [0, 0.1) is 17.7 Å². The van der Waals surface area contributed by atoms with Gasteiger partial charge < -0.3 is 10.0 Å². The van der Waals surface area contributed by atoms with Gasteiger partial charge in [0.1, 0.15) is 5.82 Å². The molecular formula is C14H14F3NO2. The summed E-state index contributed by atoms with van der Waals surface area (Å²) in [4.78, 5) is 12.9. The summed E-state index contributed by atoms with van der Waals surface area (Å²) >= 11 is 0. The number of benzene rings is 1. The van der Waals surface area contributed by atoms with Gasteiger partial charge >= 0.3 is 0 Å². The van der Waals surface area contributed by atoms with Gasteiger partial charge in [-0.1, -0.05) is 11.8 Å². The lowest BCUT2D eigenvalue weighted by Gasteiger charge is -2.17. The minimum atomic E-state index is -2.65. The molecule has 0 unspecified atom stereocenters. The smallest absolute Gasteiger partial charge is 0.255 e. The Morgan fingerprint density at radius 1 is 1.45 bits per heavy atom. The van der Waals surface area contributed by atoms with Gasteiger partial charge in [0.05, 0.1) is 18.7 Å². The van der Waals surface area contributed by atoms with Crippen molar-refractivity contribution in [1.82, 2.24) is 4.90 Å². The summed E-state index contributed by atoms with van der Waals surface area (Å²) in [6.07, 6.45) is -2.47. The van der Waals surface area contributed by atoms with Crippen LogP contribution in [0.5, 0.6) is 0 Å². The standard InChI is InChI=1S/C14H14F3NO2/c1-18(9-13(16)17)14(20)12-6-5-11(15)8-10(12)4-2-3-7-19/h5-6,8,13,19H,3,7,9H2,1H3. The monoisotopic (exact) mass is 285 g/mol. The first kappa shape index (κ1) is 16.1. The van der Waals surface area contributed by atoms with Crippen LogP contribution in [0.3, 0.4) is 0 Å². The Balaban J connectivity index is 3.05. The Morgan fingerprint density at radius 2 is 2.15 bits per heavy atom. The minimum Gasteiger partial charge on any atom is -0.395 e. The van der Waals surface area contributed by atoms with Gasteiger partial charge in [-0.05, 0) is 18.2 Å². The van der Waals surface area contributed by atoms with E-state index in [4.69, 9.17) is 5.11 Å². The molecule has 0 atom stereocenters. The molecule has 1 aromatic rings. The van der Waals surface area contributed by atoms with E-state index < -0.39 is 24.7 Å². The van der Waals surface area contributed by atoms with E-state index in [9.17, 15) is 18.0 Å². The lowest BCUT2D eigenvalue weighted by Crippen LogP contribution is -2.31. The first-order valence-corrected chi connectivity index (χ1v) is 5.88. The quantitative estimate of drug-likeness (QED) is 0.858. The van der Waals surface area contributed by atoms with E-state index in [2.05, 4.69) is 11.8 Å². The topological polar surface area (TPSA) is 40.5 Å². The second-order valence-corrected chi connectivity index (χ2v) is 4.04. The van der Waals surface area contributed by atoms with E-state index in [-0.39, 0.29) is 24.2 Å². The zero-order chi connectivity index (χ0) is 15.1. The second-order valence-electron chi connectivity index (χ2n) is 4.04. The van der Waals surface area contributed by atoms with E-state index in [1.54, 1.807) is 0 Å². The van der Waals surface area contributed by atoms with E-state index in [1.165, 1.54) is 13.1 Å². The van der Waals surface area contributed by atoms with Crippen molar-refractivity contribution in [2.24, 2.45) is 0 Å². The second kappa shape index (κ2) is 7.56. The number of halogens is 3. The maximum absolute atomic E-state index is 13.2. The number of carbonyl (C=O) groups is 1. The molecule has 1 rings (SSSR count). The summed E-state index contributed by atoms with van der Waals surface area (Å²) in [6.45, 7) is -0.864. The Kier molecular flexibility index (Phi) is 6.07. The molecule has 0 saturated heterocycles. The average molecular weight is 285 g/mol. The highest BCUT2D eigenvalue weighted by Crippen LogP contribution is 2.13. The Morgan fingerprint density at radius 3 is 2.75 bits per heavy atom. The molecule has 0 radical (unpaired) electrons. The van der Waals surface area contributed by atoms with E-state index in [0.717, 1.165) is 17.0 Å². The molecule has 1 aromatic carbocycles. The normalized spacial score (nSPS) is 10.1. The Bertz CT molecular complexity index is 535. The predicted molar refractivity (Wildman–Crippen MR) is 67.9 cm³/mol. The highest BCUT2D eigenvalue weighted by atomic mass is 19.3. The molecule has 108 valence electrons. The molecule has 0 heterocycles. The fourth-order valence-electron chi connectivity index (χ4n) is 1.52.